The van der Waals surface area contributed by atoms with Gasteiger partial charge in [0.25, 0.3) is 0 Å². The Kier molecular flexibility index (Phi) is 5.46. The van der Waals surface area contributed by atoms with Gasteiger partial charge in [-0.3, -0.25) is 4.79 Å². The number of rotatable bonds is 4. The normalized spacial score (nSPS) is 24.0. The lowest BCUT2D eigenvalue weighted by atomic mass is 9.84. The molecule has 1 amide bonds. The van der Waals surface area contributed by atoms with Gasteiger partial charge in [-0.1, -0.05) is 36.8 Å². The van der Waals surface area contributed by atoms with E-state index in [4.69, 9.17) is 4.74 Å². The Labute approximate surface area is 132 Å². The first-order valence-electron chi connectivity index (χ1n) is 8.48. The number of nitrogens with one attached hydrogen (secondary N) is 1. The molecule has 2 aliphatic heterocycles. The van der Waals surface area contributed by atoms with Crippen LogP contribution in [0.15, 0.2) is 30.3 Å². The minimum absolute atomic E-state index is 0.268. The van der Waals surface area contributed by atoms with E-state index in [0.717, 1.165) is 26.1 Å². The van der Waals surface area contributed by atoms with Gasteiger partial charge >= 0.3 is 0 Å². The van der Waals surface area contributed by atoms with E-state index in [2.05, 4.69) is 29.6 Å². The summed E-state index contributed by atoms with van der Waals surface area (Å²) in [5.41, 5.74) is 1.28. The lowest BCUT2D eigenvalue weighted by Gasteiger charge is -2.34. The second-order valence-corrected chi connectivity index (χ2v) is 6.27. The third kappa shape index (κ3) is 3.87. The van der Waals surface area contributed by atoms with Crippen molar-refractivity contribution < 1.29 is 9.53 Å². The molecule has 120 valence electrons. The van der Waals surface area contributed by atoms with Crippen molar-refractivity contribution in [2.75, 3.05) is 32.8 Å². The van der Waals surface area contributed by atoms with E-state index in [1.165, 1.54) is 18.4 Å². The van der Waals surface area contributed by atoms with Crippen molar-refractivity contribution in [3.63, 3.8) is 0 Å². The summed E-state index contributed by atoms with van der Waals surface area (Å²) in [4.78, 5) is 14.6. The average Bonchev–Trinajstić information content (AvgIpc) is 2.62. The zero-order chi connectivity index (χ0) is 15.2. The molecular weight excluding hydrogens is 276 g/mol. The Morgan fingerprint density at radius 1 is 1.23 bits per heavy atom. The fourth-order valence-electron chi connectivity index (χ4n) is 3.54. The molecule has 1 N–H and O–H groups in total. The highest BCUT2D eigenvalue weighted by Gasteiger charge is 2.29. The monoisotopic (exact) mass is 302 g/mol. The molecule has 0 unspecified atom stereocenters. The molecule has 2 fully saturated rings. The van der Waals surface area contributed by atoms with Gasteiger partial charge < -0.3 is 15.0 Å². The molecule has 0 saturated carbocycles. The zero-order valence-corrected chi connectivity index (χ0v) is 13.2. The highest BCUT2D eigenvalue weighted by Crippen LogP contribution is 2.29. The maximum Gasteiger partial charge on any atom is 0.223 e. The molecule has 2 atom stereocenters. The number of carbonyl (C=O) groups is 1. The largest absolute Gasteiger partial charge is 0.378 e. The SMILES string of the molecule is O=C(C[C@@H](c1ccccc1)[C@H]1CCCCN1)N1CCOCC1. The van der Waals surface area contributed by atoms with Crippen LogP contribution in [0.25, 0.3) is 0 Å². The molecule has 4 nitrogen and oxygen atoms in total. The minimum Gasteiger partial charge on any atom is -0.378 e. The van der Waals surface area contributed by atoms with Crippen molar-refractivity contribution in [1.82, 2.24) is 10.2 Å². The number of amides is 1. The third-order valence-electron chi connectivity index (χ3n) is 4.82. The van der Waals surface area contributed by atoms with Crippen molar-refractivity contribution in [1.29, 1.82) is 0 Å². The number of benzene rings is 1. The molecule has 1 aromatic carbocycles. The van der Waals surface area contributed by atoms with Crippen LogP contribution < -0.4 is 5.32 Å². The summed E-state index contributed by atoms with van der Waals surface area (Å²) < 4.78 is 5.35. The van der Waals surface area contributed by atoms with Gasteiger partial charge in [-0.15, -0.1) is 0 Å². The number of morpholine rings is 1. The van der Waals surface area contributed by atoms with Gasteiger partial charge in [0, 0.05) is 31.5 Å². The van der Waals surface area contributed by atoms with E-state index in [9.17, 15) is 4.79 Å². The van der Waals surface area contributed by atoms with E-state index < -0.39 is 0 Å². The number of nitrogens with zero attached hydrogens (tertiary/aromatic N) is 1. The first kappa shape index (κ1) is 15.5. The smallest absolute Gasteiger partial charge is 0.223 e. The topological polar surface area (TPSA) is 41.6 Å². The van der Waals surface area contributed by atoms with Crippen molar-refractivity contribution in [3.8, 4) is 0 Å². The summed E-state index contributed by atoms with van der Waals surface area (Å²) >= 11 is 0. The lowest BCUT2D eigenvalue weighted by molar-refractivity contribution is -0.135. The second-order valence-electron chi connectivity index (χ2n) is 6.27. The zero-order valence-electron chi connectivity index (χ0n) is 13.2. The molecule has 4 heteroatoms. The van der Waals surface area contributed by atoms with Crippen LogP contribution in [0.4, 0.5) is 0 Å². The molecule has 2 aliphatic rings. The van der Waals surface area contributed by atoms with Gasteiger partial charge in [-0.2, -0.15) is 0 Å². The Bertz CT molecular complexity index is 465. The molecule has 2 heterocycles. The number of hydrogen-bond donors (Lipinski definition) is 1. The minimum atomic E-state index is 0.268. The molecule has 1 aromatic rings. The molecule has 2 saturated heterocycles. The first-order chi connectivity index (χ1) is 10.8. The van der Waals surface area contributed by atoms with Crippen LogP contribution in [-0.4, -0.2) is 49.7 Å². The number of hydrogen-bond acceptors (Lipinski definition) is 3. The van der Waals surface area contributed by atoms with E-state index in [1.54, 1.807) is 0 Å². The highest BCUT2D eigenvalue weighted by atomic mass is 16.5. The van der Waals surface area contributed by atoms with E-state index in [0.29, 0.717) is 25.7 Å². The van der Waals surface area contributed by atoms with Gasteiger partial charge in [-0.05, 0) is 24.9 Å². The van der Waals surface area contributed by atoms with E-state index >= 15 is 0 Å². The van der Waals surface area contributed by atoms with Gasteiger partial charge in [0.15, 0.2) is 0 Å². The van der Waals surface area contributed by atoms with E-state index in [1.807, 2.05) is 11.0 Å². The third-order valence-corrected chi connectivity index (χ3v) is 4.82. The Balaban J connectivity index is 1.71. The molecular formula is C18H26N2O2. The quantitative estimate of drug-likeness (QED) is 0.927. The Hall–Kier alpha value is -1.39. The summed E-state index contributed by atoms with van der Waals surface area (Å²) in [6.45, 7) is 3.88. The van der Waals surface area contributed by atoms with Gasteiger partial charge in [-0.25, -0.2) is 0 Å². The predicted molar refractivity (Wildman–Crippen MR) is 86.8 cm³/mol. The van der Waals surface area contributed by atoms with Gasteiger partial charge in [0.05, 0.1) is 13.2 Å². The predicted octanol–water partition coefficient (Wildman–Crippen LogP) is 2.16. The van der Waals surface area contributed by atoms with Crippen LogP contribution in [0.3, 0.4) is 0 Å². The van der Waals surface area contributed by atoms with Gasteiger partial charge in [0.2, 0.25) is 5.91 Å². The van der Waals surface area contributed by atoms with Crippen LogP contribution in [0.1, 0.15) is 37.2 Å². The standard InChI is InChI=1S/C18H26N2O2/c21-18(20-10-12-22-13-11-20)14-16(15-6-2-1-3-7-15)17-8-4-5-9-19-17/h1-3,6-7,16-17,19H,4-5,8-14H2/t16-,17+/m0/s1. The van der Waals surface area contributed by atoms with Crippen LogP contribution in [0.5, 0.6) is 0 Å². The fraction of sp³-hybridized carbons (Fsp3) is 0.611. The summed E-state index contributed by atoms with van der Waals surface area (Å²) in [6, 6.07) is 10.9. The lowest BCUT2D eigenvalue weighted by Crippen LogP contribution is -2.44. The van der Waals surface area contributed by atoms with Crippen LogP contribution >= 0.6 is 0 Å². The Morgan fingerprint density at radius 3 is 2.68 bits per heavy atom. The molecule has 3 rings (SSSR count). The summed E-state index contributed by atoms with van der Waals surface area (Å²) in [5.74, 6) is 0.543. The van der Waals surface area contributed by atoms with Crippen LogP contribution in [0, 0.1) is 0 Å². The van der Waals surface area contributed by atoms with Crippen molar-refractivity contribution in [2.24, 2.45) is 0 Å². The Morgan fingerprint density at radius 2 is 2.00 bits per heavy atom. The molecule has 0 aromatic heterocycles. The van der Waals surface area contributed by atoms with Crippen LogP contribution in [0.2, 0.25) is 0 Å². The molecule has 22 heavy (non-hydrogen) atoms. The number of piperidine rings is 1. The first-order valence-corrected chi connectivity index (χ1v) is 8.48. The van der Waals surface area contributed by atoms with Crippen molar-refractivity contribution in [3.05, 3.63) is 35.9 Å². The highest BCUT2D eigenvalue weighted by molar-refractivity contribution is 5.77. The summed E-state index contributed by atoms with van der Waals surface area (Å²) in [6.07, 6.45) is 4.26. The average molecular weight is 302 g/mol. The number of ether oxygens (including phenoxy) is 1. The molecule has 0 aliphatic carbocycles. The maximum absolute atomic E-state index is 12.7. The van der Waals surface area contributed by atoms with Gasteiger partial charge in [0.1, 0.15) is 0 Å². The van der Waals surface area contributed by atoms with Crippen LogP contribution in [-0.2, 0) is 9.53 Å². The molecule has 0 spiro atoms. The summed E-state index contributed by atoms with van der Waals surface area (Å²) in [7, 11) is 0. The maximum atomic E-state index is 12.7. The molecule has 0 radical (unpaired) electrons. The van der Waals surface area contributed by atoms with Crippen molar-refractivity contribution >= 4 is 5.91 Å². The molecule has 0 bridgehead atoms. The van der Waals surface area contributed by atoms with Crippen molar-refractivity contribution in [2.45, 2.75) is 37.6 Å². The number of carbonyl (C=O) groups excluding carboxylic acids is 1. The van der Waals surface area contributed by atoms with E-state index in [-0.39, 0.29) is 11.8 Å². The second kappa shape index (κ2) is 7.75. The summed E-state index contributed by atoms with van der Waals surface area (Å²) in [5, 5.41) is 3.63. The fourth-order valence-corrected chi connectivity index (χ4v) is 3.54.